The van der Waals surface area contributed by atoms with E-state index >= 15 is 0 Å². The number of hydrogen-bond donors (Lipinski definition) is 4. The van der Waals surface area contributed by atoms with Crippen molar-refractivity contribution in [2.45, 2.75) is 162 Å². The van der Waals surface area contributed by atoms with Crippen molar-refractivity contribution in [1.29, 1.82) is 0 Å². The number of hydrogen-bond acceptors (Lipinski definition) is 4. The summed E-state index contributed by atoms with van der Waals surface area (Å²) in [7, 11) is -1.62. The first-order chi connectivity index (χ1) is 26.8. The monoisotopic (exact) mass is 774 g/mol. The fourth-order valence-corrected chi connectivity index (χ4v) is 12.5. The standard InChI is InChI=1S/C48H73N2O4P/c1-4-7-10-13-16-25-32-55(33-26-17-14-11-8-5-2,34-27-18-15-12-9-6-3)44-36-40(38-49-47(53)45(51)42-28-21-19-22-29-42)35-41(37-44)39-50-48(54)46(52)43-30-23-20-24-31-43/h19-24,28-31,35-37,45-46,51-52H,4-18,25-27,32-34,38-39H2,1-3H3,(H-,49,50,53,54)/p+1/t45-,46?/m0/s1. The van der Waals surface area contributed by atoms with Crippen LogP contribution in [0.4, 0.5) is 0 Å². The van der Waals surface area contributed by atoms with Gasteiger partial charge in [0.2, 0.25) is 0 Å². The Morgan fingerprint density at radius 3 is 1.16 bits per heavy atom. The summed E-state index contributed by atoms with van der Waals surface area (Å²) in [6.07, 6.45) is 24.2. The molecule has 2 amide bonds. The van der Waals surface area contributed by atoms with E-state index < -0.39 is 31.3 Å². The number of carbonyl (C=O) groups excluding carboxylic acids is 2. The zero-order valence-electron chi connectivity index (χ0n) is 34.6. The van der Waals surface area contributed by atoms with Gasteiger partial charge in [-0.1, -0.05) is 165 Å². The lowest BCUT2D eigenvalue weighted by molar-refractivity contribution is -0.130. The Morgan fingerprint density at radius 1 is 0.491 bits per heavy atom. The Hall–Kier alpha value is -3.05. The number of unbranched alkanes of at least 4 members (excludes halogenated alkanes) is 15. The maximum Gasteiger partial charge on any atom is 0.253 e. The summed E-state index contributed by atoms with van der Waals surface area (Å²) < 4.78 is 0. The van der Waals surface area contributed by atoms with Gasteiger partial charge in [-0.3, -0.25) is 9.59 Å². The maximum absolute atomic E-state index is 13.2. The molecule has 0 saturated heterocycles. The SMILES string of the molecule is CCCCCCCC[P+](CCCCCCCC)(CCCCCCCC)c1cc(CNC(=O)C(O)c2ccccc2)cc(CNC(=O)[C@@H](O)c2ccccc2)c1. The summed E-state index contributed by atoms with van der Waals surface area (Å²) >= 11 is 0. The van der Waals surface area contributed by atoms with Gasteiger partial charge in [0.15, 0.2) is 12.2 Å². The topological polar surface area (TPSA) is 98.7 Å². The molecule has 2 atom stereocenters. The average Bonchev–Trinajstić information content (AvgIpc) is 3.22. The van der Waals surface area contributed by atoms with E-state index in [4.69, 9.17) is 0 Å². The van der Waals surface area contributed by atoms with Gasteiger partial charge in [-0.15, -0.1) is 0 Å². The van der Waals surface area contributed by atoms with Crippen LogP contribution >= 0.6 is 7.26 Å². The van der Waals surface area contributed by atoms with Crippen LogP contribution in [-0.4, -0.2) is 40.5 Å². The van der Waals surface area contributed by atoms with Crippen molar-refractivity contribution in [2.24, 2.45) is 0 Å². The van der Waals surface area contributed by atoms with E-state index in [2.05, 4.69) is 49.6 Å². The van der Waals surface area contributed by atoms with Crippen LogP contribution in [0.2, 0.25) is 0 Å². The van der Waals surface area contributed by atoms with Gasteiger partial charge in [0.05, 0.1) is 23.8 Å². The van der Waals surface area contributed by atoms with Crippen LogP contribution in [0, 0.1) is 0 Å². The van der Waals surface area contributed by atoms with E-state index in [1.807, 2.05) is 36.4 Å². The van der Waals surface area contributed by atoms with Gasteiger partial charge < -0.3 is 20.8 Å². The van der Waals surface area contributed by atoms with E-state index in [-0.39, 0.29) is 13.1 Å². The lowest BCUT2D eigenvalue weighted by Gasteiger charge is -2.29. The molecule has 0 heterocycles. The molecule has 4 N–H and O–H groups in total. The third kappa shape index (κ3) is 17.3. The highest BCUT2D eigenvalue weighted by atomic mass is 31.2. The van der Waals surface area contributed by atoms with Gasteiger partial charge in [-0.05, 0) is 72.9 Å². The highest BCUT2D eigenvalue weighted by Gasteiger charge is 2.39. The lowest BCUT2D eigenvalue weighted by atomic mass is 10.1. The molecule has 0 aromatic heterocycles. The summed E-state index contributed by atoms with van der Waals surface area (Å²) in [5.74, 6) is -0.852. The Labute approximate surface area is 335 Å². The Morgan fingerprint density at radius 2 is 0.818 bits per heavy atom. The second-order valence-corrected chi connectivity index (χ2v) is 19.8. The van der Waals surface area contributed by atoms with E-state index in [1.165, 1.54) is 139 Å². The second kappa shape index (κ2) is 27.5. The van der Waals surface area contributed by atoms with Crippen molar-refractivity contribution in [3.8, 4) is 0 Å². The molecule has 0 fully saturated rings. The van der Waals surface area contributed by atoms with E-state index in [9.17, 15) is 19.8 Å². The molecule has 6 nitrogen and oxygen atoms in total. The minimum absolute atomic E-state index is 0.287. The quantitative estimate of drug-likeness (QED) is 0.0400. The predicted molar refractivity (Wildman–Crippen MR) is 234 cm³/mol. The molecule has 7 heteroatoms. The molecule has 3 rings (SSSR count). The Bertz CT molecular complexity index is 1350. The number of amides is 2. The first-order valence-corrected chi connectivity index (χ1v) is 24.2. The summed E-state index contributed by atoms with van der Waals surface area (Å²) in [6, 6.07) is 24.9. The molecular weight excluding hydrogens is 700 g/mol. The van der Waals surface area contributed by atoms with Crippen molar-refractivity contribution in [3.05, 3.63) is 101 Å². The van der Waals surface area contributed by atoms with Gasteiger partial charge in [-0.25, -0.2) is 0 Å². The number of benzene rings is 3. The maximum atomic E-state index is 13.2. The normalized spacial score (nSPS) is 12.7. The van der Waals surface area contributed by atoms with Crippen LogP contribution in [0.5, 0.6) is 0 Å². The van der Waals surface area contributed by atoms with Crippen LogP contribution in [0.15, 0.2) is 78.9 Å². The van der Waals surface area contributed by atoms with Gasteiger partial charge in [0.1, 0.15) is 0 Å². The third-order valence-electron chi connectivity index (χ3n) is 11.1. The van der Waals surface area contributed by atoms with Crippen molar-refractivity contribution in [3.63, 3.8) is 0 Å². The zero-order chi connectivity index (χ0) is 39.6. The highest BCUT2D eigenvalue weighted by Crippen LogP contribution is 2.60. The fourth-order valence-electron chi connectivity index (χ4n) is 7.67. The summed E-state index contributed by atoms with van der Waals surface area (Å²) in [4.78, 5) is 26.4. The molecule has 3 aromatic rings. The first-order valence-electron chi connectivity index (χ1n) is 21.8. The van der Waals surface area contributed by atoms with E-state index in [1.54, 1.807) is 24.3 Å². The minimum Gasteiger partial charge on any atom is -0.378 e. The van der Waals surface area contributed by atoms with E-state index in [0.717, 1.165) is 11.1 Å². The molecule has 0 bridgehead atoms. The van der Waals surface area contributed by atoms with Crippen molar-refractivity contribution in [2.75, 3.05) is 18.5 Å². The fraction of sp³-hybridized carbons (Fsp3) is 0.583. The minimum atomic E-state index is -1.62. The van der Waals surface area contributed by atoms with Gasteiger partial charge in [0, 0.05) is 20.4 Å². The number of aliphatic hydroxyl groups excluding tert-OH is 2. The second-order valence-electron chi connectivity index (χ2n) is 15.7. The first kappa shape index (κ1) is 46.3. The average molecular weight is 774 g/mol. The predicted octanol–water partition coefficient (Wildman–Crippen LogP) is 11.1. The Balaban J connectivity index is 1.97. The zero-order valence-corrected chi connectivity index (χ0v) is 35.5. The van der Waals surface area contributed by atoms with Gasteiger partial charge in [0.25, 0.3) is 11.8 Å². The van der Waals surface area contributed by atoms with Crippen LogP contribution < -0.4 is 15.9 Å². The summed E-state index contributed by atoms with van der Waals surface area (Å²) in [5.41, 5.74) is 3.10. The van der Waals surface area contributed by atoms with Crippen LogP contribution in [0.25, 0.3) is 0 Å². The van der Waals surface area contributed by atoms with E-state index in [0.29, 0.717) is 11.1 Å². The Kier molecular flexibility index (Phi) is 23.2. The number of rotatable bonds is 30. The van der Waals surface area contributed by atoms with Crippen LogP contribution in [-0.2, 0) is 22.7 Å². The molecule has 0 aliphatic rings. The number of aliphatic hydroxyl groups is 2. The number of carbonyl (C=O) groups is 2. The summed E-state index contributed by atoms with van der Waals surface area (Å²) in [6.45, 7) is 7.40. The molecule has 55 heavy (non-hydrogen) atoms. The summed E-state index contributed by atoms with van der Waals surface area (Å²) in [5, 5.41) is 29.1. The molecule has 3 aromatic carbocycles. The molecule has 0 aliphatic heterocycles. The largest absolute Gasteiger partial charge is 0.378 e. The van der Waals surface area contributed by atoms with Crippen LogP contribution in [0.3, 0.4) is 0 Å². The molecule has 1 unspecified atom stereocenters. The van der Waals surface area contributed by atoms with Gasteiger partial charge in [-0.2, -0.15) is 0 Å². The van der Waals surface area contributed by atoms with Crippen molar-refractivity contribution >= 4 is 24.4 Å². The molecule has 0 radical (unpaired) electrons. The smallest absolute Gasteiger partial charge is 0.253 e. The number of nitrogens with one attached hydrogen (secondary N) is 2. The van der Waals surface area contributed by atoms with Gasteiger partial charge >= 0.3 is 0 Å². The highest BCUT2D eigenvalue weighted by molar-refractivity contribution is 7.82. The van der Waals surface area contributed by atoms with Crippen molar-refractivity contribution < 1.29 is 19.8 Å². The lowest BCUT2D eigenvalue weighted by Crippen LogP contribution is -2.31. The molecule has 304 valence electrons. The molecule has 0 spiro atoms. The van der Waals surface area contributed by atoms with Crippen molar-refractivity contribution in [1.82, 2.24) is 10.6 Å². The van der Waals surface area contributed by atoms with Crippen LogP contribution in [0.1, 0.15) is 171 Å². The molecular formula is C48H74N2O4P+. The third-order valence-corrected chi connectivity index (χ3v) is 15.9. The molecule has 0 saturated carbocycles. The molecule has 0 aliphatic carbocycles.